The lowest BCUT2D eigenvalue weighted by atomic mass is 10.0. The van der Waals surface area contributed by atoms with Gasteiger partial charge in [0, 0.05) is 24.0 Å². The van der Waals surface area contributed by atoms with Gasteiger partial charge in [-0.15, -0.1) is 11.3 Å². The Morgan fingerprint density at radius 1 is 1.27 bits per heavy atom. The molecule has 1 heterocycles. The van der Waals surface area contributed by atoms with E-state index in [0.29, 0.717) is 6.42 Å². The lowest BCUT2D eigenvalue weighted by Crippen LogP contribution is -2.41. The van der Waals surface area contributed by atoms with E-state index in [1.807, 2.05) is 44.4 Å². The second-order valence-electron chi connectivity index (χ2n) is 6.16. The normalized spacial score (nSPS) is 12.7. The third-order valence-corrected chi connectivity index (χ3v) is 3.75. The van der Waals surface area contributed by atoms with Gasteiger partial charge >= 0.3 is 6.09 Å². The average Bonchev–Trinajstić information content (AvgIpc) is 2.90. The summed E-state index contributed by atoms with van der Waals surface area (Å²) in [7, 11) is 0. The van der Waals surface area contributed by atoms with Gasteiger partial charge in [0.25, 0.3) is 0 Å². The fourth-order valence-electron chi connectivity index (χ4n) is 2.11. The van der Waals surface area contributed by atoms with Crippen molar-refractivity contribution in [2.24, 2.45) is 0 Å². The van der Waals surface area contributed by atoms with E-state index in [0.717, 1.165) is 11.4 Å². The zero-order valence-corrected chi connectivity index (χ0v) is 14.0. The average molecular weight is 318 g/mol. The molecule has 2 aromatic rings. The number of hydrogen-bond acceptors (Lipinski definition) is 4. The summed E-state index contributed by atoms with van der Waals surface area (Å²) in [6, 6.07) is 10.1. The molecule has 0 aliphatic rings. The molecule has 0 saturated carbocycles. The molecular formula is C17H22N2O2S. The molecule has 1 atom stereocenters. The van der Waals surface area contributed by atoms with Crippen molar-refractivity contribution in [2.45, 2.75) is 45.3 Å². The Kier molecular flexibility index (Phi) is 5.55. The van der Waals surface area contributed by atoms with Crippen molar-refractivity contribution in [3.8, 4) is 0 Å². The Labute approximate surface area is 135 Å². The van der Waals surface area contributed by atoms with Crippen LogP contribution in [-0.2, 0) is 17.6 Å². The molecule has 0 bridgehead atoms. The molecule has 4 nitrogen and oxygen atoms in total. The van der Waals surface area contributed by atoms with Gasteiger partial charge in [0.05, 0.1) is 5.01 Å². The molecule has 0 unspecified atom stereocenters. The highest BCUT2D eigenvalue weighted by Crippen LogP contribution is 2.13. The number of nitrogens with one attached hydrogen (secondary N) is 1. The van der Waals surface area contributed by atoms with Crippen molar-refractivity contribution in [1.29, 1.82) is 0 Å². The van der Waals surface area contributed by atoms with Crippen molar-refractivity contribution >= 4 is 17.4 Å². The van der Waals surface area contributed by atoms with Crippen molar-refractivity contribution in [1.82, 2.24) is 10.3 Å². The van der Waals surface area contributed by atoms with Gasteiger partial charge in [0.15, 0.2) is 0 Å². The number of rotatable bonds is 5. The number of ether oxygens (including phenoxy) is 1. The minimum absolute atomic E-state index is 0.0385. The van der Waals surface area contributed by atoms with Crippen LogP contribution in [0.15, 0.2) is 41.9 Å². The summed E-state index contributed by atoms with van der Waals surface area (Å²) in [5.74, 6) is 0. The van der Waals surface area contributed by atoms with E-state index in [-0.39, 0.29) is 12.1 Å². The molecule has 118 valence electrons. The van der Waals surface area contributed by atoms with Crippen LogP contribution in [0.3, 0.4) is 0 Å². The number of benzene rings is 1. The van der Waals surface area contributed by atoms with Crippen molar-refractivity contribution in [2.75, 3.05) is 0 Å². The van der Waals surface area contributed by atoms with E-state index in [1.165, 1.54) is 5.56 Å². The van der Waals surface area contributed by atoms with Crippen LogP contribution in [0.1, 0.15) is 31.3 Å². The highest BCUT2D eigenvalue weighted by atomic mass is 32.1. The summed E-state index contributed by atoms with van der Waals surface area (Å²) < 4.78 is 5.36. The van der Waals surface area contributed by atoms with Crippen molar-refractivity contribution in [3.05, 3.63) is 52.5 Å². The smallest absolute Gasteiger partial charge is 0.407 e. The van der Waals surface area contributed by atoms with Crippen LogP contribution in [0, 0.1) is 0 Å². The standard InChI is InChI=1S/C17H22N2O2S/c1-17(2,3)21-16(20)19-14(12-15-18-9-10-22-15)11-13-7-5-4-6-8-13/h4-10,14H,11-12H2,1-3H3,(H,19,20)/t14-/m0/s1. The molecule has 1 aromatic carbocycles. The second-order valence-corrected chi connectivity index (χ2v) is 7.14. The summed E-state index contributed by atoms with van der Waals surface area (Å²) in [6.45, 7) is 5.58. The van der Waals surface area contributed by atoms with Gasteiger partial charge < -0.3 is 10.1 Å². The number of thiazole rings is 1. The van der Waals surface area contributed by atoms with Gasteiger partial charge in [-0.3, -0.25) is 0 Å². The fraction of sp³-hybridized carbons (Fsp3) is 0.412. The van der Waals surface area contributed by atoms with Gasteiger partial charge in [-0.05, 0) is 32.8 Å². The Balaban J connectivity index is 2.02. The first-order chi connectivity index (χ1) is 10.4. The van der Waals surface area contributed by atoms with E-state index in [9.17, 15) is 4.79 Å². The summed E-state index contributed by atoms with van der Waals surface area (Å²) in [5.41, 5.74) is 0.683. The van der Waals surface area contributed by atoms with E-state index in [2.05, 4.69) is 22.4 Å². The van der Waals surface area contributed by atoms with Crippen LogP contribution < -0.4 is 5.32 Å². The number of nitrogens with zero attached hydrogens (tertiary/aromatic N) is 1. The molecule has 1 aromatic heterocycles. The number of hydrogen-bond donors (Lipinski definition) is 1. The summed E-state index contributed by atoms with van der Waals surface area (Å²) in [5, 5.41) is 5.92. The second kappa shape index (κ2) is 7.40. The van der Waals surface area contributed by atoms with E-state index in [1.54, 1.807) is 17.5 Å². The number of carbonyl (C=O) groups is 1. The first-order valence-corrected chi connectivity index (χ1v) is 8.22. The van der Waals surface area contributed by atoms with E-state index >= 15 is 0 Å². The Morgan fingerprint density at radius 3 is 2.59 bits per heavy atom. The lowest BCUT2D eigenvalue weighted by molar-refractivity contribution is 0.0504. The highest BCUT2D eigenvalue weighted by molar-refractivity contribution is 7.09. The molecule has 0 saturated heterocycles. The highest BCUT2D eigenvalue weighted by Gasteiger charge is 2.20. The predicted octanol–water partition coefficient (Wildman–Crippen LogP) is 3.82. The van der Waals surface area contributed by atoms with Crippen LogP contribution >= 0.6 is 11.3 Å². The lowest BCUT2D eigenvalue weighted by Gasteiger charge is -2.23. The van der Waals surface area contributed by atoms with Crippen molar-refractivity contribution < 1.29 is 9.53 Å². The molecule has 1 amide bonds. The van der Waals surface area contributed by atoms with Gasteiger partial charge in [0.1, 0.15) is 5.60 Å². The van der Waals surface area contributed by atoms with Gasteiger partial charge in [-0.2, -0.15) is 0 Å². The molecule has 1 N–H and O–H groups in total. The maximum Gasteiger partial charge on any atom is 0.407 e. The molecule has 5 heteroatoms. The third-order valence-electron chi connectivity index (χ3n) is 2.95. The Morgan fingerprint density at radius 2 is 2.00 bits per heavy atom. The van der Waals surface area contributed by atoms with Gasteiger partial charge in [-0.25, -0.2) is 9.78 Å². The summed E-state index contributed by atoms with van der Waals surface area (Å²) >= 11 is 1.60. The molecule has 2 rings (SSSR count). The molecule has 0 spiro atoms. The SMILES string of the molecule is CC(C)(C)OC(=O)N[C@@H](Cc1ccccc1)Cc1nccs1. The molecule has 0 fully saturated rings. The van der Waals surface area contributed by atoms with Gasteiger partial charge in [0.2, 0.25) is 0 Å². The first-order valence-electron chi connectivity index (χ1n) is 7.34. The largest absolute Gasteiger partial charge is 0.444 e. The van der Waals surface area contributed by atoms with Crippen LogP contribution in [0.25, 0.3) is 0 Å². The van der Waals surface area contributed by atoms with E-state index < -0.39 is 5.60 Å². The minimum atomic E-state index is -0.497. The molecule has 0 radical (unpaired) electrons. The van der Waals surface area contributed by atoms with Crippen molar-refractivity contribution in [3.63, 3.8) is 0 Å². The summed E-state index contributed by atoms with van der Waals surface area (Å²) in [4.78, 5) is 16.3. The number of aromatic nitrogens is 1. The topological polar surface area (TPSA) is 51.2 Å². The Bertz CT molecular complexity index is 576. The molecule has 0 aliphatic carbocycles. The maximum atomic E-state index is 12.0. The van der Waals surface area contributed by atoms with Crippen LogP contribution in [-0.4, -0.2) is 22.7 Å². The van der Waals surface area contributed by atoms with Crippen LogP contribution in [0.4, 0.5) is 4.79 Å². The zero-order chi connectivity index (χ0) is 16.0. The fourth-order valence-corrected chi connectivity index (χ4v) is 2.81. The third kappa shape index (κ3) is 5.85. The first kappa shape index (κ1) is 16.5. The minimum Gasteiger partial charge on any atom is -0.444 e. The van der Waals surface area contributed by atoms with Crippen LogP contribution in [0.2, 0.25) is 0 Å². The predicted molar refractivity (Wildman–Crippen MR) is 89.1 cm³/mol. The quantitative estimate of drug-likeness (QED) is 0.911. The monoisotopic (exact) mass is 318 g/mol. The number of alkyl carbamates (subject to hydrolysis) is 1. The molecular weight excluding hydrogens is 296 g/mol. The number of carbonyl (C=O) groups excluding carboxylic acids is 1. The molecule has 0 aliphatic heterocycles. The Hall–Kier alpha value is -1.88. The van der Waals surface area contributed by atoms with Crippen LogP contribution in [0.5, 0.6) is 0 Å². The maximum absolute atomic E-state index is 12.0. The number of amides is 1. The van der Waals surface area contributed by atoms with E-state index in [4.69, 9.17) is 4.74 Å². The van der Waals surface area contributed by atoms with Gasteiger partial charge in [-0.1, -0.05) is 30.3 Å². The molecule has 22 heavy (non-hydrogen) atoms. The zero-order valence-electron chi connectivity index (χ0n) is 13.2. The summed E-state index contributed by atoms with van der Waals surface area (Å²) in [6.07, 6.45) is 2.85.